The average Bonchev–Trinajstić information content (AvgIpc) is 1.84. The third-order valence-corrected chi connectivity index (χ3v) is 1.66. The number of halogens is 3. The third kappa shape index (κ3) is 6.42. The molecule has 0 spiro atoms. The first-order chi connectivity index (χ1) is 5.27. The maximum absolute atomic E-state index is 11.6. The van der Waals surface area contributed by atoms with Crippen LogP contribution in [0.4, 0.5) is 13.2 Å². The molecule has 1 unspecified atom stereocenters. The highest BCUT2D eigenvalue weighted by Crippen LogP contribution is 2.12. The highest BCUT2D eigenvalue weighted by atomic mass is 19.4. The van der Waals surface area contributed by atoms with E-state index < -0.39 is 18.3 Å². The van der Waals surface area contributed by atoms with Gasteiger partial charge in [0.15, 0.2) is 0 Å². The summed E-state index contributed by atoms with van der Waals surface area (Å²) in [4.78, 5) is 0. The van der Waals surface area contributed by atoms with E-state index in [4.69, 9.17) is 5.73 Å². The average molecular weight is 184 g/mol. The Balaban J connectivity index is 3.57. The van der Waals surface area contributed by atoms with Crippen molar-refractivity contribution < 1.29 is 13.2 Å². The van der Waals surface area contributed by atoms with Crippen molar-refractivity contribution in [2.75, 3.05) is 13.1 Å². The largest absolute Gasteiger partial charge is 0.401 e. The van der Waals surface area contributed by atoms with Gasteiger partial charge in [-0.3, -0.25) is 0 Å². The molecule has 1 atom stereocenters. The first-order valence-corrected chi connectivity index (χ1v) is 3.83. The lowest BCUT2D eigenvalue weighted by atomic mass is 10.0. The third-order valence-electron chi connectivity index (χ3n) is 1.66. The van der Waals surface area contributed by atoms with Gasteiger partial charge in [-0.15, -0.1) is 0 Å². The van der Waals surface area contributed by atoms with Crippen molar-refractivity contribution in [2.24, 2.45) is 5.73 Å². The van der Waals surface area contributed by atoms with E-state index in [0.29, 0.717) is 6.42 Å². The number of nitrogens with two attached hydrogens (primary N) is 1. The first kappa shape index (κ1) is 11.7. The predicted octanol–water partition coefficient (Wildman–Crippen LogP) is 1.27. The van der Waals surface area contributed by atoms with Crippen molar-refractivity contribution in [3.05, 3.63) is 0 Å². The minimum Gasteiger partial charge on any atom is -0.324 e. The molecule has 0 aliphatic rings. The normalized spacial score (nSPS) is 17.5. The Bertz CT molecular complexity index is 131. The summed E-state index contributed by atoms with van der Waals surface area (Å²) in [6, 6.07) is 0. The molecule has 2 nitrogen and oxygen atoms in total. The van der Waals surface area contributed by atoms with Crippen molar-refractivity contribution in [3.63, 3.8) is 0 Å². The lowest BCUT2D eigenvalue weighted by molar-refractivity contribution is -0.125. The van der Waals surface area contributed by atoms with E-state index in [1.165, 1.54) is 0 Å². The number of hydrogen-bond donors (Lipinski definition) is 2. The Morgan fingerprint density at radius 3 is 2.08 bits per heavy atom. The van der Waals surface area contributed by atoms with Gasteiger partial charge in [-0.2, -0.15) is 13.2 Å². The number of alkyl halides is 3. The van der Waals surface area contributed by atoms with Crippen LogP contribution in [0.1, 0.15) is 20.3 Å². The fraction of sp³-hybridized carbons (Fsp3) is 1.00. The van der Waals surface area contributed by atoms with Crippen LogP contribution in [0.2, 0.25) is 0 Å². The number of rotatable bonds is 4. The van der Waals surface area contributed by atoms with E-state index >= 15 is 0 Å². The summed E-state index contributed by atoms with van der Waals surface area (Å²) in [7, 11) is 0. The maximum atomic E-state index is 11.6. The maximum Gasteiger partial charge on any atom is 0.401 e. The molecule has 0 saturated carbocycles. The minimum absolute atomic E-state index is 0.184. The lowest BCUT2D eigenvalue weighted by Gasteiger charge is -2.23. The van der Waals surface area contributed by atoms with Crippen molar-refractivity contribution in [1.82, 2.24) is 5.32 Å². The van der Waals surface area contributed by atoms with Crippen LogP contribution in [0.5, 0.6) is 0 Å². The molecular formula is C7H15F3N2. The molecule has 5 heteroatoms. The molecule has 12 heavy (non-hydrogen) atoms. The lowest BCUT2D eigenvalue weighted by Crippen LogP contribution is -2.47. The zero-order valence-electron chi connectivity index (χ0n) is 7.33. The van der Waals surface area contributed by atoms with Crippen LogP contribution < -0.4 is 11.1 Å². The summed E-state index contributed by atoms with van der Waals surface area (Å²) in [5.74, 6) is 0. The standard InChI is InChI=1S/C7H15F3N2/c1-3-6(2,11)4-12-5-7(8,9)10/h12H,3-5,11H2,1-2H3. The summed E-state index contributed by atoms with van der Waals surface area (Å²) in [6.07, 6.45) is -3.50. The molecule has 0 aromatic heterocycles. The molecule has 0 aliphatic heterocycles. The van der Waals surface area contributed by atoms with Gasteiger partial charge >= 0.3 is 6.18 Å². The van der Waals surface area contributed by atoms with Crippen LogP contribution in [0.25, 0.3) is 0 Å². The molecular weight excluding hydrogens is 169 g/mol. The molecule has 74 valence electrons. The highest BCUT2D eigenvalue weighted by Gasteiger charge is 2.27. The molecule has 0 fully saturated rings. The molecule has 0 rings (SSSR count). The van der Waals surface area contributed by atoms with E-state index in [1.807, 2.05) is 6.92 Å². The molecule has 0 radical (unpaired) electrons. The Morgan fingerprint density at radius 2 is 1.75 bits per heavy atom. The quantitative estimate of drug-likeness (QED) is 0.690. The number of nitrogens with one attached hydrogen (secondary N) is 1. The van der Waals surface area contributed by atoms with Crippen LogP contribution in [0.15, 0.2) is 0 Å². The fourth-order valence-corrected chi connectivity index (χ4v) is 0.615. The molecule has 0 aromatic carbocycles. The van der Waals surface area contributed by atoms with Crippen LogP contribution in [0.3, 0.4) is 0 Å². The van der Waals surface area contributed by atoms with Crippen molar-refractivity contribution >= 4 is 0 Å². The first-order valence-electron chi connectivity index (χ1n) is 3.83. The van der Waals surface area contributed by atoms with E-state index in [-0.39, 0.29) is 6.54 Å². The van der Waals surface area contributed by atoms with E-state index in [2.05, 4.69) is 5.32 Å². The van der Waals surface area contributed by atoms with Crippen LogP contribution in [-0.2, 0) is 0 Å². The molecule has 3 N–H and O–H groups in total. The van der Waals surface area contributed by atoms with E-state index in [9.17, 15) is 13.2 Å². The Kier molecular flexibility index (Phi) is 3.99. The Hall–Kier alpha value is -0.290. The van der Waals surface area contributed by atoms with E-state index in [0.717, 1.165) is 0 Å². The zero-order chi connectivity index (χ0) is 9.83. The summed E-state index contributed by atoms with van der Waals surface area (Å²) < 4.78 is 34.9. The fourth-order valence-electron chi connectivity index (χ4n) is 0.615. The van der Waals surface area contributed by atoms with Crippen molar-refractivity contribution in [3.8, 4) is 0 Å². The van der Waals surface area contributed by atoms with Gasteiger partial charge in [0.1, 0.15) is 0 Å². The van der Waals surface area contributed by atoms with E-state index in [1.54, 1.807) is 6.92 Å². The van der Waals surface area contributed by atoms with Gasteiger partial charge in [-0.05, 0) is 13.3 Å². The van der Waals surface area contributed by atoms with Crippen molar-refractivity contribution in [2.45, 2.75) is 32.0 Å². The van der Waals surface area contributed by atoms with Gasteiger partial charge in [0.2, 0.25) is 0 Å². The van der Waals surface area contributed by atoms with Crippen molar-refractivity contribution in [1.29, 1.82) is 0 Å². The SMILES string of the molecule is CCC(C)(N)CNCC(F)(F)F. The van der Waals surface area contributed by atoms with Crippen LogP contribution in [-0.4, -0.2) is 24.8 Å². The second kappa shape index (κ2) is 4.09. The Morgan fingerprint density at radius 1 is 1.25 bits per heavy atom. The smallest absolute Gasteiger partial charge is 0.324 e. The van der Waals surface area contributed by atoms with Gasteiger partial charge in [0.25, 0.3) is 0 Å². The minimum atomic E-state index is -4.15. The van der Waals surface area contributed by atoms with Gasteiger partial charge < -0.3 is 11.1 Å². The number of hydrogen-bond acceptors (Lipinski definition) is 2. The summed E-state index contributed by atoms with van der Waals surface area (Å²) >= 11 is 0. The second-order valence-electron chi connectivity index (χ2n) is 3.23. The zero-order valence-corrected chi connectivity index (χ0v) is 7.33. The van der Waals surface area contributed by atoms with Crippen LogP contribution >= 0.6 is 0 Å². The molecule has 0 heterocycles. The molecule has 0 saturated heterocycles. The molecule has 0 amide bonds. The molecule has 0 bridgehead atoms. The summed E-state index contributed by atoms with van der Waals surface area (Å²) in [5.41, 5.74) is 5.07. The Labute approximate surface area is 70.3 Å². The topological polar surface area (TPSA) is 38.0 Å². The summed E-state index contributed by atoms with van der Waals surface area (Å²) in [6.45, 7) is 2.77. The van der Waals surface area contributed by atoms with Gasteiger partial charge in [0.05, 0.1) is 6.54 Å². The summed E-state index contributed by atoms with van der Waals surface area (Å²) in [5, 5.41) is 2.27. The highest BCUT2D eigenvalue weighted by molar-refractivity contribution is 4.79. The molecule has 0 aromatic rings. The monoisotopic (exact) mass is 184 g/mol. The van der Waals surface area contributed by atoms with Gasteiger partial charge in [-0.1, -0.05) is 6.92 Å². The predicted molar refractivity (Wildman–Crippen MR) is 41.8 cm³/mol. The van der Waals surface area contributed by atoms with Gasteiger partial charge in [0, 0.05) is 12.1 Å². The van der Waals surface area contributed by atoms with Crippen LogP contribution in [0, 0.1) is 0 Å². The molecule has 0 aliphatic carbocycles. The second-order valence-corrected chi connectivity index (χ2v) is 3.23. The van der Waals surface area contributed by atoms with Gasteiger partial charge in [-0.25, -0.2) is 0 Å².